The predicted octanol–water partition coefficient (Wildman–Crippen LogP) is 4.96. The van der Waals surface area contributed by atoms with Gasteiger partial charge in [-0.05, 0) is 57.3 Å². The van der Waals surface area contributed by atoms with E-state index in [2.05, 4.69) is 27.7 Å². The van der Waals surface area contributed by atoms with E-state index in [-0.39, 0.29) is 22.4 Å². The molecule has 0 saturated heterocycles. The first-order valence-electron chi connectivity index (χ1n) is 7.79. The maximum absolute atomic E-state index is 12.4. The van der Waals surface area contributed by atoms with Crippen molar-refractivity contribution >= 4 is 5.97 Å². The SMILES string of the molecule is CCC1(OC(=O)C(C)(C)CC)CC(C)CC(C)(C)C1. The molecule has 1 aliphatic rings. The highest BCUT2D eigenvalue weighted by Gasteiger charge is 2.46. The van der Waals surface area contributed by atoms with Crippen LogP contribution >= 0.6 is 0 Å². The lowest BCUT2D eigenvalue weighted by molar-refractivity contribution is -0.181. The third kappa shape index (κ3) is 3.97. The Morgan fingerprint density at radius 2 is 1.84 bits per heavy atom. The summed E-state index contributed by atoms with van der Waals surface area (Å²) in [5.74, 6) is 0.600. The van der Waals surface area contributed by atoms with Gasteiger partial charge in [-0.15, -0.1) is 0 Å². The second-order valence-corrected chi connectivity index (χ2v) is 8.02. The summed E-state index contributed by atoms with van der Waals surface area (Å²) in [4.78, 5) is 12.4. The summed E-state index contributed by atoms with van der Waals surface area (Å²) in [5.41, 5.74) is -0.345. The fourth-order valence-corrected chi connectivity index (χ4v) is 3.57. The van der Waals surface area contributed by atoms with Crippen LogP contribution in [-0.2, 0) is 9.53 Å². The van der Waals surface area contributed by atoms with Crippen LogP contribution in [0.15, 0.2) is 0 Å². The maximum atomic E-state index is 12.4. The van der Waals surface area contributed by atoms with Crippen LogP contribution in [0.2, 0.25) is 0 Å². The Bertz CT molecular complexity index is 330. The molecule has 0 spiro atoms. The molecule has 2 nitrogen and oxygen atoms in total. The van der Waals surface area contributed by atoms with Crippen molar-refractivity contribution in [3.63, 3.8) is 0 Å². The van der Waals surface area contributed by atoms with Crippen molar-refractivity contribution in [3.05, 3.63) is 0 Å². The Balaban J connectivity index is 2.90. The van der Waals surface area contributed by atoms with Gasteiger partial charge in [-0.3, -0.25) is 4.79 Å². The van der Waals surface area contributed by atoms with Crippen molar-refractivity contribution < 1.29 is 9.53 Å². The van der Waals surface area contributed by atoms with Crippen molar-refractivity contribution in [3.8, 4) is 0 Å². The number of esters is 1. The fourth-order valence-electron chi connectivity index (χ4n) is 3.57. The van der Waals surface area contributed by atoms with Gasteiger partial charge in [0, 0.05) is 0 Å². The van der Waals surface area contributed by atoms with Crippen LogP contribution in [0.5, 0.6) is 0 Å². The average Bonchev–Trinajstić information content (AvgIpc) is 2.26. The highest BCUT2D eigenvalue weighted by molar-refractivity contribution is 5.76. The Hall–Kier alpha value is -0.530. The van der Waals surface area contributed by atoms with Gasteiger partial charge in [0.2, 0.25) is 0 Å². The fraction of sp³-hybridized carbons (Fsp3) is 0.941. The van der Waals surface area contributed by atoms with Gasteiger partial charge >= 0.3 is 5.97 Å². The molecule has 19 heavy (non-hydrogen) atoms. The second-order valence-electron chi connectivity index (χ2n) is 8.02. The van der Waals surface area contributed by atoms with Crippen LogP contribution in [-0.4, -0.2) is 11.6 Å². The summed E-state index contributed by atoms with van der Waals surface area (Å²) in [6.07, 6.45) is 4.98. The van der Waals surface area contributed by atoms with E-state index in [1.54, 1.807) is 0 Å². The lowest BCUT2D eigenvalue weighted by Crippen LogP contribution is -2.47. The van der Waals surface area contributed by atoms with Crippen molar-refractivity contribution in [1.82, 2.24) is 0 Å². The lowest BCUT2D eigenvalue weighted by atomic mass is 9.65. The Morgan fingerprint density at radius 3 is 2.26 bits per heavy atom. The number of hydrogen-bond donors (Lipinski definition) is 0. The summed E-state index contributed by atoms with van der Waals surface area (Å²) in [6.45, 7) is 15.0. The topological polar surface area (TPSA) is 26.3 Å². The molecule has 0 aliphatic heterocycles. The van der Waals surface area contributed by atoms with Gasteiger partial charge in [0.25, 0.3) is 0 Å². The highest BCUT2D eigenvalue weighted by Crippen LogP contribution is 2.47. The van der Waals surface area contributed by atoms with Crippen molar-refractivity contribution in [2.75, 3.05) is 0 Å². The number of carbonyl (C=O) groups excluding carboxylic acids is 1. The largest absolute Gasteiger partial charge is 0.459 e. The van der Waals surface area contributed by atoms with E-state index in [1.807, 2.05) is 20.8 Å². The molecule has 1 fully saturated rings. The number of carbonyl (C=O) groups is 1. The van der Waals surface area contributed by atoms with Gasteiger partial charge in [-0.2, -0.15) is 0 Å². The molecule has 0 aromatic carbocycles. The monoisotopic (exact) mass is 268 g/mol. The molecule has 0 bridgehead atoms. The zero-order valence-electron chi connectivity index (χ0n) is 13.9. The third-order valence-electron chi connectivity index (χ3n) is 4.81. The molecule has 0 aromatic rings. The normalized spacial score (nSPS) is 31.0. The second kappa shape index (κ2) is 5.46. The van der Waals surface area contributed by atoms with Gasteiger partial charge < -0.3 is 4.74 Å². The summed E-state index contributed by atoms with van der Waals surface area (Å²) in [6, 6.07) is 0. The van der Waals surface area contributed by atoms with Crippen LogP contribution in [0.3, 0.4) is 0 Å². The molecule has 2 unspecified atom stereocenters. The summed E-state index contributed by atoms with van der Waals surface area (Å²) in [7, 11) is 0. The van der Waals surface area contributed by atoms with Crippen molar-refractivity contribution in [2.45, 2.75) is 86.2 Å². The number of rotatable bonds is 4. The molecule has 2 heteroatoms. The Morgan fingerprint density at radius 1 is 1.26 bits per heavy atom. The number of hydrogen-bond acceptors (Lipinski definition) is 2. The van der Waals surface area contributed by atoms with E-state index < -0.39 is 0 Å². The smallest absolute Gasteiger partial charge is 0.312 e. The van der Waals surface area contributed by atoms with Crippen LogP contribution in [0, 0.1) is 16.7 Å². The zero-order valence-corrected chi connectivity index (χ0v) is 13.9. The molecule has 112 valence electrons. The molecule has 2 atom stereocenters. The van der Waals surface area contributed by atoms with Crippen LogP contribution in [0.4, 0.5) is 0 Å². The van der Waals surface area contributed by atoms with Crippen molar-refractivity contribution in [1.29, 1.82) is 0 Å². The summed E-state index contributed by atoms with van der Waals surface area (Å²) in [5, 5.41) is 0. The van der Waals surface area contributed by atoms with E-state index >= 15 is 0 Å². The molecule has 1 aliphatic carbocycles. The minimum Gasteiger partial charge on any atom is -0.459 e. The van der Waals surface area contributed by atoms with Gasteiger partial charge in [0.15, 0.2) is 0 Å². The van der Waals surface area contributed by atoms with E-state index in [0.29, 0.717) is 5.92 Å². The lowest BCUT2D eigenvalue weighted by Gasteiger charge is -2.47. The van der Waals surface area contributed by atoms with Crippen LogP contribution in [0.1, 0.15) is 80.6 Å². The molecular weight excluding hydrogens is 236 g/mol. The molecular formula is C17H32O2. The zero-order chi connectivity index (χ0) is 14.9. The number of ether oxygens (including phenoxy) is 1. The van der Waals surface area contributed by atoms with Gasteiger partial charge in [0.1, 0.15) is 5.60 Å². The van der Waals surface area contributed by atoms with E-state index in [0.717, 1.165) is 25.7 Å². The third-order valence-corrected chi connectivity index (χ3v) is 4.81. The van der Waals surface area contributed by atoms with Crippen molar-refractivity contribution in [2.24, 2.45) is 16.7 Å². The minimum atomic E-state index is -0.368. The summed E-state index contributed by atoms with van der Waals surface area (Å²) < 4.78 is 6.05. The first-order valence-corrected chi connectivity index (χ1v) is 7.79. The molecule has 0 heterocycles. The molecule has 1 rings (SSSR count). The Labute approximate surface area is 119 Å². The first-order chi connectivity index (χ1) is 8.56. The molecule has 0 aromatic heterocycles. The first kappa shape index (κ1) is 16.5. The average molecular weight is 268 g/mol. The van der Waals surface area contributed by atoms with E-state index in [1.165, 1.54) is 6.42 Å². The molecule has 0 amide bonds. The molecule has 0 N–H and O–H groups in total. The molecule has 0 radical (unpaired) electrons. The molecule has 1 saturated carbocycles. The van der Waals surface area contributed by atoms with E-state index in [4.69, 9.17) is 4.74 Å². The van der Waals surface area contributed by atoms with Gasteiger partial charge in [-0.1, -0.05) is 34.6 Å². The predicted molar refractivity (Wildman–Crippen MR) is 80.0 cm³/mol. The quantitative estimate of drug-likeness (QED) is 0.673. The van der Waals surface area contributed by atoms with Crippen LogP contribution in [0.25, 0.3) is 0 Å². The summed E-state index contributed by atoms with van der Waals surface area (Å²) >= 11 is 0. The van der Waals surface area contributed by atoms with Gasteiger partial charge in [-0.25, -0.2) is 0 Å². The minimum absolute atomic E-state index is 0.0262. The Kier molecular flexibility index (Phi) is 4.75. The highest BCUT2D eigenvalue weighted by atomic mass is 16.6. The van der Waals surface area contributed by atoms with Gasteiger partial charge in [0.05, 0.1) is 5.41 Å². The van der Waals surface area contributed by atoms with E-state index in [9.17, 15) is 4.79 Å². The standard InChI is InChI=1S/C17H32O2/c1-8-16(6,7)14(18)19-17(9-2)11-13(3)10-15(4,5)12-17/h13H,8-12H2,1-7H3. The maximum Gasteiger partial charge on any atom is 0.312 e. The van der Waals surface area contributed by atoms with Crippen LogP contribution < -0.4 is 0 Å².